The average molecular weight is 1910 g/mol. The number of amides is 12. The van der Waals surface area contributed by atoms with Gasteiger partial charge in [0, 0.05) is 104 Å². The van der Waals surface area contributed by atoms with Crippen molar-refractivity contribution in [3.63, 3.8) is 0 Å². The van der Waals surface area contributed by atoms with Crippen LogP contribution in [0, 0.1) is 5.92 Å². The molecule has 42 heteroatoms. The molecule has 740 valence electrons. The highest BCUT2D eigenvalue weighted by Gasteiger charge is 2.51. The first-order valence-corrected chi connectivity index (χ1v) is 45.4. The summed E-state index contributed by atoms with van der Waals surface area (Å²) in [7, 11) is 1.26. The van der Waals surface area contributed by atoms with Gasteiger partial charge in [0.2, 0.25) is 82.5 Å². The highest BCUT2D eigenvalue weighted by molar-refractivity contribution is 6.31. The van der Waals surface area contributed by atoms with Crippen molar-refractivity contribution in [2.45, 2.75) is 267 Å². The Morgan fingerprint density at radius 1 is 0.577 bits per heavy atom. The lowest BCUT2D eigenvalue weighted by atomic mass is 9.72. The Morgan fingerprint density at radius 3 is 1.72 bits per heavy atom. The number of aliphatic carboxylic acids is 1. The molecular weight excluding hydrogens is 1780 g/mol. The third-order valence-corrected chi connectivity index (χ3v) is 24.0. The maximum Gasteiger partial charge on any atom is 0.306 e. The number of nitrogens with two attached hydrogens (primary N) is 4. The van der Waals surface area contributed by atoms with Gasteiger partial charge < -0.3 is 131 Å². The molecule has 42 nitrogen and oxygen atoms in total. The average Bonchev–Trinajstić information content (AvgIpc) is 1.28. The Hall–Kier alpha value is -13.8. The van der Waals surface area contributed by atoms with Gasteiger partial charge in [-0.3, -0.25) is 81.5 Å². The number of carboxylic acid groups (broad SMARTS) is 1. The van der Waals surface area contributed by atoms with Gasteiger partial charge in [-0.15, -0.1) is 0 Å². The fourth-order valence-electron chi connectivity index (χ4n) is 16.4. The number of carbonyl (C=O) groups excluding carboxylic acids is 16. The van der Waals surface area contributed by atoms with Crippen LogP contribution in [0.4, 0.5) is 0 Å². The quantitative estimate of drug-likeness (QED) is 0.0140. The smallest absolute Gasteiger partial charge is 0.306 e. The van der Waals surface area contributed by atoms with Crippen molar-refractivity contribution in [2.24, 2.45) is 28.9 Å². The summed E-state index contributed by atoms with van der Waals surface area (Å²) < 4.78 is 22.8. The predicted molar refractivity (Wildman–Crippen MR) is 490 cm³/mol. The largest absolute Gasteiger partial charge is 0.508 e. The van der Waals surface area contributed by atoms with Crippen LogP contribution in [0.25, 0.3) is 10.9 Å². The van der Waals surface area contributed by atoms with Crippen LogP contribution >= 0.6 is 0 Å². The van der Waals surface area contributed by atoms with E-state index in [1.165, 1.54) is 70.3 Å². The number of aromatic amines is 1. The number of primary amides is 2. The summed E-state index contributed by atoms with van der Waals surface area (Å²) in [4.78, 5) is 239. The number of phenolic OH excluding ortho intramolecular Hbond substituents is 3. The van der Waals surface area contributed by atoms with Gasteiger partial charge in [0.25, 0.3) is 0 Å². The number of aromatic hydroxyl groups is 3. The van der Waals surface area contributed by atoms with Gasteiger partial charge in [-0.1, -0.05) is 106 Å². The highest BCUT2D eigenvalue weighted by Crippen LogP contribution is 2.53. The van der Waals surface area contributed by atoms with Crippen LogP contribution in [0.5, 0.6) is 23.0 Å². The first-order chi connectivity index (χ1) is 65.0. The van der Waals surface area contributed by atoms with Gasteiger partial charge in [0.1, 0.15) is 83.0 Å². The van der Waals surface area contributed by atoms with Crippen LogP contribution in [0.2, 0.25) is 0 Å². The standard InChI is InChI=1S/C95H123N15O27/c1-8-9-23-61(104-88(126)59(97)41-53-45-101-60-24-14-13-21-55(53)60)90(128)106-64(34-36-73(115)116)89(127)103-48(4)86(124)102-49(5)87(125)109-66(40-52-29-31-54(111)32-30-52)93(131)107-63(33-35-71(98)113)92(130)105-62(91(129)110-67(39-51-19-11-10-12-20-51)94(132)108-65(85(99)123)38-47(2)3)25-15-16-37-100-72(114)27-18-28-74(117)135-46-70(112)95(133)43-57-77(69(44-95)137-75-42-58(96)80(118)50(6)136-75)84(122)79-78(82(57)120)81(119)56-22-17-26-68(134-7)76(56)83(79)121/h10-14,17,19-22,24,26,29-32,45,47-50,58-59,61-67,69,75,80,101,111,118,120,122,133H,8-9,15-16,18,23,25,27-28,33-44,46,96-97H2,1-7H3,(H2,98,113)(H2,99,123)(H,100,114)(H,102,124)(H,103,127)(H,104,126)(H,105,130)(H,106,128)(H,107,131)(H,108,132)(H,109,125)(H,110,129)(H,115,116)/t48-,49-,50-,58-,59-,61+,62+,63-,64-,65-,66-,67-,69-,75-,80+,95-/m0/s1. The van der Waals surface area contributed by atoms with Crippen LogP contribution in [-0.4, -0.2) is 247 Å². The van der Waals surface area contributed by atoms with Crippen molar-refractivity contribution in [3.8, 4) is 23.0 Å². The van der Waals surface area contributed by atoms with E-state index in [9.17, 15) is 112 Å². The monoisotopic (exact) mass is 1910 g/mol. The number of aliphatic hydroxyl groups is 2. The minimum Gasteiger partial charge on any atom is -0.508 e. The summed E-state index contributed by atoms with van der Waals surface area (Å²) in [6.45, 7) is 8.19. The highest BCUT2D eigenvalue weighted by atomic mass is 16.7. The van der Waals surface area contributed by atoms with E-state index in [0.717, 1.165) is 16.5 Å². The summed E-state index contributed by atoms with van der Waals surface area (Å²) in [5.74, 6) is -18.3. The third kappa shape index (κ3) is 29.4. The van der Waals surface area contributed by atoms with E-state index < -0.39 is 271 Å². The lowest BCUT2D eigenvalue weighted by Gasteiger charge is -2.42. The SMILES string of the molecule is CCCC[C@@H](NC(=O)[C@@H](N)Cc1c[nH]c2ccccc12)C(=O)N[C@@H](CCC(=O)O)C(=O)N[C@@H](C)C(=O)N[C@@H](C)C(=O)N[C@@H](Cc1ccc(O)cc1)C(=O)N[C@@H](CCC(N)=O)C(=O)N[C@H](CCCCNC(=O)CCCC(=O)OCC(=O)[C@]1(O)Cc2c(O)c3c(c(O)c2[C@@H](O[C@H]2C[C@H](N)[C@H](O)[C@H](C)O2)C1)C(=O)c1c(OC)cccc1C3=O)C(=O)N[C@@H](Cc1ccccc1)C(=O)N[C@@H](CC(C)C)C(N)=O. The fraction of sp³-hybridized carbons (Fsp3) is 0.484. The molecule has 2 heterocycles. The number of carboxylic acids is 1. The number of H-pyrrole nitrogens is 1. The predicted octanol–water partition coefficient (Wildman–Crippen LogP) is 0.506. The molecule has 0 bridgehead atoms. The van der Waals surface area contributed by atoms with Gasteiger partial charge in [0.15, 0.2) is 18.7 Å². The summed E-state index contributed by atoms with van der Waals surface area (Å²) in [6.07, 6.45) is -7.41. The number of fused-ring (bicyclic) bond motifs is 4. The van der Waals surface area contributed by atoms with E-state index >= 15 is 0 Å². The van der Waals surface area contributed by atoms with E-state index in [-0.39, 0.29) is 117 Å². The molecule has 0 spiro atoms. The summed E-state index contributed by atoms with van der Waals surface area (Å²) >= 11 is 0. The Morgan fingerprint density at radius 2 is 1.12 bits per heavy atom. The second-order valence-electron chi connectivity index (χ2n) is 35.1. The number of rotatable bonds is 51. The topological polar surface area (TPSA) is 689 Å². The molecule has 137 heavy (non-hydrogen) atoms. The molecule has 16 atom stereocenters. The Bertz CT molecular complexity index is 5410. The van der Waals surface area contributed by atoms with E-state index in [0.29, 0.717) is 24.0 Å². The number of ketones is 3. The number of nitrogens with one attached hydrogen (secondary N) is 11. The molecule has 1 saturated heterocycles. The molecule has 2 aliphatic carbocycles. The van der Waals surface area contributed by atoms with Gasteiger partial charge >= 0.3 is 11.9 Å². The molecule has 9 rings (SSSR count). The number of carbonyl (C=O) groups is 17. The number of methoxy groups -OCH3 is 1. The Labute approximate surface area is 788 Å². The zero-order valence-electron chi connectivity index (χ0n) is 77.2. The van der Waals surface area contributed by atoms with Crippen molar-refractivity contribution in [3.05, 3.63) is 153 Å². The number of Topliss-reactive ketones (excluding diaryl/α,β-unsaturated/α-hetero) is 1. The molecule has 0 saturated carbocycles. The lowest BCUT2D eigenvalue weighted by molar-refractivity contribution is -0.247. The molecule has 5 aromatic carbocycles. The summed E-state index contributed by atoms with van der Waals surface area (Å²) in [5.41, 5.74) is 21.5. The fourth-order valence-corrected chi connectivity index (χ4v) is 16.4. The molecular formula is C95H123N15O27. The number of phenols is 3. The Balaban J connectivity index is 0.850. The molecule has 3 aliphatic rings. The van der Waals surface area contributed by atoms with Gasteiger partial charge in [-0.05, 0) is 125 Å². The molecule has 0 unspecified atom stereocenters. The van der Waals surface area contributed by atoms with Crippen LogP contribution in [-0.2, 0) is 112 Å². The van der Waals surface area contributed by atoms with Crippen molar-refractivity contribution in [2.75, 3.05) is 20.3 Å². The number of esters is 1. The number of hydrogen-bond donors (Lipinski definition) is 21. The molecule has 25 N–H and O–H groups in total. The molecule has 12 amide bonds. The minimum absolute atomic E-state index is 0.00545. The number of benzene rings is 5. The van der Waals surface area contributed by atoms with E-state index in [4.69, 9.17) is 41.9 Å². The minimum atomic E-state index is -2.57. The van der Waals surface area contributed by atoms with Crippen LogP contribution in [0.3, 0.4) is 0 Å². The number of hydrogen-bond acceptors (Lipinski definition) is 28. The number of aromatic nitrogens is 1. The normalized spacial score (nSPS) is 18.7. The molecule has 1 fully saturated rings. The van der Waals surface area contributed by atoms with Crippen LogP contribution in [0.1, 0.15) is 210 Å². The maximum atomic E-state index is 14.9. The number of ether oxygens (including phenoxy) is 4. The van der Waals surface area contributed by atoms with Gasteiger partial charge in [-0.25, -0.2) is 0 Å². The second kappa shape index (κ2) is 49.6. The lowest BCUT2D eigenvalue weighted by Crippen LogP contribution is -2.60. The first kappa shape index (κ1) is 107. The number of para-hydroxylation sites is 1. The van der Waals surface area contributed by atoms with E-state index in [1.54, 1.807) is 50.4 Å². The number of unbranched alkanes of at least 4 members (excludes halogenated alkanes) is 2. The van der Waals surface area contributed by atoms with Crippen LogP contribution in [0.15, 0.2) is 103 Å². The molecule has 6 aromatic rings. The van der Waals surface area contributed by atoms with Crippen molar-refractivity contribution >= 4 is 111 Å². The number of aliphatic hydroxyl groups excluding tert-OH is 1. The zero-order chi connectivity index (χ0) is 100. The van der Waals surface area contributed by atoms with Crippen molar-refractivity contribution in [1.29, 1.82) is 0 Å². The van der Waals surface area contributed by atoms with Crippen molar-refractivity contribution < 1.29 is 131 Å². The summed E-state index contributed by atoms with van der Waals surface area (Å²) in [6, 6.07) is 9.63. The molecule has 1 aliphatic heterocycles. The molecule has 1 aromatic heterocycles. The first-order valence-electron chi connectivity index (χ1n) is 45.4. The second-order valence-corrected chi connectivity index (χ2v) is 35.1. The molecule has 0 radical (unpaired) electrons. The van der Waals surface area contributed by atoms with Crippen LogP contribution < -0.4 is 80.8 Å². The van der Waals surface area contributed by atoms with Gasteiger partial charge in [-0.2, -0.15) is 0 Å². The summed E-state index contributed by atoms with van der Waals surface area (Å²) in [5, 5.41) is 93.3. The zero-order valence-corrected chi connectivity index (χ0v) is 77.2. The van der Waals surface area contributed by atoms with Gasteiger partial charge in [0.05, 0.1) is 48.2 Å². The van der Waals surface area contributed by atoms with E-state index in [2.05, 4.69) is 58.2 Å². The Kier molecular flexibility index (Phi) is 38.7. The van der Waals surface area contributed by atoms with E-state index in [1.807, 2.05) is 31.2 Å². The maximum absolute atomic E-state index is 14.9. The van der Waals surface area contributed by atoms with Crippen molar-refractivity contribution in [1.82, 2.24) is 58.2 Å². The third-order valence-electron chi connectivity index (χ3n) is 24.0.